The van der Waals surface area contributed by atoms with Crippen molar-refractivity contribution in [2.75, 3.05) is 0 Å². The van der Waals surface area contributed by atoms with Crippen LogP contribution >= 0.6 is 0 Å². The topological polar surface area (TPSA) is 75.3 Å². The first-order valence-corrected chi connectivity index (χ1v) is 12.2. The Balaban J connectivity index is 1.31. The van der Waals surface area contributed by atoms with Gasteiger partial charge in [0.25, 0.3) is 5.91 Å². The number of nitrogens with one attached hydrogen (secondary N) is 2. The molecule has 0 unspecified atom stereocenters. The fourth-order valence-electron chi connectivity index (χ4n) is 6.43. The Labute approximate surface area is 167 Å². The first-order chi connectivity index (χ1) is 13.3. The van der Waals surface area contributed by atoms with Gasteiger partial charge in [-0.1, -0.05) is 6.07 Å². The van der Waals surface area contributed by atoms with E-state index >= 15 is 0 Å². The van der Waals surface area contributed by atoms with Gasteiger partial charge in [0, 0.05) is 17.6 Å². The molecule has 5 aliphatic rings. The molecule has 5 nitrogen and oxygen atoms in total. The summed E-state index contributed by atoms with van der Waals surface area (Å²) >= 11 is 0. The summed E-state index contributed by atoms with van der Waals surface area (Å²) in [5, 5.41) is 3.23. The Morgan fingerprint density at radius 3 is 2.25 bits per heavy atom. The monoisotopic (exact) mass is 402 g/mol. The maximum absolute atomic E-state index is 12.9. The van der Waals surface area contributed by atoms with E-state index in [0.29, 0.717) is 5.56 Å². The van der Waals surface area contributed by atoms with Crippen LogP contribution in [0, 0.1) is 23.2 Å². The van der Waals surface area contributed by atoms with Crippen molar-refractivity contribution in [2.45, 2.75) is 75.3 Å². The number of benzene rings is 1. The minimum absolute atomic E-state index is 0.0542. The number of rotatable bonds is 6. The molecule has 5 aliphatic carbocycles. The number of carbonyl (C=O) groups excluding carboxylic acids is 1. The van der Waals surface area contributed by atoms with Gasteiger partial charge in [0.1, 0.15) is 0 Å². The van der Waals surface area contributed by atoms with E-state index in [1.807, 2.05) is 0 Å². The first-order valence-electron chi connectivity index (χ1n) is 10.8. The molecule has 2 N–H and O–H groups in total. The standard InChI is InChI=1S/C22H30N2O3S/c1-14(22-11-15-7-16(12-22)9-17(8-15)13-22)23-21(25)18-3-2-4-20(10-18)28(26,27)24-19-5-6-19/h2-4,10,14-17,19,24H,5-9,11-13H2,1H3,(H,23,25)/t14-,15?,16?,17?,22?/m0/s1. The molecule has 0 spiro atoms. The van der Waals surface area contributed by atoms with Crippen LogP contribution in [0.4, 0.5) is 0 Å². The first kappa shape index (κ1) is 18.6. The zero-order valence-electron chi connectivity index (χ0n) is 16.5. The Morgan fingerprint density at radius 1 is 1.07 bits per heavy atom. The van der Waals surface area contributed by atoms with Crippen molar-refractivity contribution in [2.24, 2.45) is 23.2 Å². The third-order valence-corrected chi connectivity index (χ3v) is 9.18. The summed E-state index contributed by atoms with van der Waals surface area (Å²) in [4.78, 5) is 13.1. The van der Waals surface area contributed by atoms with Gasteiger partial charge in [0.2, 0.25) is 10.0 Å². The van der Waals surface area contributed by atoms with Crippen molar-refractivity contribution < 1.29 is 13.2 Å². The molecule has 4 bridgehead atoms. The van der Waals surface area contributed by atoms with Crippen LogP contribution in [0.5, 0.6) is 0 Å². The summed E-state index contributed by atoms with van der Waals surface area (Å²) in [5.74, 6) is 2.36. The lowest BCUT2D eigenvalue weighted by Crippen LogP contribution is -2.55. The molecule has 5 saturated carbocycles. The molecular weight excluding hydrogens is 372 g/mol. The van der Waals surface area contributed by atoms with Gasteiger partial charge < -0.3 is 5.32 Å². The molecule has 0 heterocycles. The molecule has 1 aromatic carbocycles. The predicted octanol–water partition coefficient (Wildman–Crippen LogP) is 3.46. The lowest BCUT2D eigenvalue weighted by Gasteiger charge is -2.59. The number of carbonyl (C=O) groups is 1. The predicted molar refractivity (Wildman–Crippen MR) is 107 cm³/mol. The average Bonchev–Trinajstić information content (AvgIpc) is 3.44. The Morgan fingerprint density at radius 2 is 1.68 bits per heavy atom. The van der Waals surface area contributed by atoms with Gasteiger partial charge >= 0.3 is 0 Å². The maximum Gasteiger partial charge on any atom is 0.251 e. The van der Waals surface area contributed by atoms with Crippen LogP contribution in [0.25, 0.3) is 0 Å². The molecule has 0 aliphatic heterocycles. The second-order valence-electron chi connectivity index (χ2n) is 9.90. The number of sulfonamides is 1. The van der Waals surface area contributed by atoms with Crippen LogP contribution in [-0.2, 0) is 10.0 Å². The molecule has 1 atom stereocenters. The van der Waals surface area contributed by atoms with Crippen molar-refractivity contribution in [3.63, 3.8) is 0 Å². The second kappa shape index (κ2) is 6.56. The van der Waals surface area contributed by atoms with Crippen LogP contribution < -0.4 is 10.0 Å². The van der Waals surface area contributed by atoms with E-state index in [1.54, 1.807) is 18.2 Å². The second-order valence-corrected chi connectivity index (χ2v) is 11.6. The highest BCUT2D eigenvalue weighted by Gasteiger charge is 2.53. The fourth-order valence-corrected chi connectivity index (χ4v) is 7.78. The Kier molecular flexibility index (Phi) is 4.36. The number of hydrogen-bond donors (Lipinski definition) is 2. The van der Waals surface area contributed by atoms with E-state index in [-0.39, 0.29) is 28.3 Å². The molecule has 152 valence electrons. The van der Waals surface area contributed by atoms with Crippen LogP contribution in [0.3, 0.4) is 0 Å². The fraction of sp³-hybridized carbons (Fsp3) is 0.682. The highest BCUT2D eigenvalue weighted by molar-refractivity contribution is 7.89. The summed E-state index contributed by atoms with van der Waals surface area (Å²) in [5.41, 5.74) is 0.664. The molecule has 6 heteroatoms. The largest absolute Gasteiger partial charge is 0.349 e. The average molecular weight is 403 g/mol. The molecule has 28 heavy (non-hydrogen) atoms. The van der Waals surface area contributed by atoms with Crippen molar-refractivity contribution in [1.82, 2.24) is 10.0 Å². The van der Waals surface area contributed by atoms with Gasteiger partial charge in [0.05, 0.1) is 4.90 Å². The lowest BCUT2D eigenvalue weighted by atomic mass is 9.48. The highest BCUT2D eigenvalue weighted by atomic mass is 32.2. The minimum atomic E-state index is -3.55. The molecule has 0 aromatic heterocycles. The summed E-state index contributed by atoms with van der Waals surface area (Å²) < 4.78 is 27.6. The SMILES string of the molecule is C[C@H](NC(=O)c1cccc(S(=O)(=O)NC2CC2)c1)C12CC3CC(CC(C3)C1)C2. The molecular formula is C22H30N2O3S. The Bertz CT molecular complexity index is 856. The number of amides is 1. The summed E-state index contributed by atoms with van der Waals surface area (Å²) in [6.07, 6.45) is 9.64. The zero-order valence-corrected chi connectivity index (χ0v) is 17.3. The molecule has 1 amide bonds. The normalized spacial score (nSPS) is 35.0. The van der Waals surface area contributed by atoms with Crippen molar-refractivity contribution in [3.05, 3.63) is 29.8 Å². The van der Waals surface area contributed by atoms with Gasteiger partial charge in [-0.2, -0.15) is 0 Å². The quantitative estimate of drug-likeness (QED) is 0.765. The molecule has 1 aromatic rings. The van der Waals surface area contributed by atoms with Gasteiger partial charge in [0.15, 0.2) is 0 Å². The van der Waals surface area contributed by atoms with Gasteiger partial charge in [-0.05, 0) is 99.7 Å². The summed E-state index contributed by atoms with van der Waals surface area (Å²) in [6, 6.07) is 6.61. The van der Waals surface area contributed by atoms with E-state index in [4.69, 9.17) is 0 Å². The summed E-state index contributed by atoms with van der Waals surface area (Å²) in [6.45, 7) is 2.15. The Hall–Kier alpha value is -1.40. The van der Waals surface area contributed by atoms with Crippen molar-refractivity contribution in [3.8, 4) is 0 Å². The summed E-state index contributed by atoms with van der Waals surface area (Å²) in [7, 11) is -3.55. The van der Waals surface area contributed by atoms with E-state index in [2.05, 4.69) is 17.0 Å². The third kappa shape index (κ3) is 3.39. The van der Waals surface area contributed by atoms with Crippen LogP contribution in [0.1, 0.15) is 68.6 Å². The lowest BCUT2D eigenvalue weighted by molar-refractivity contribution is -0.0688. The third-order valence-electron chi connectivity index (χ3n) is 7.66. The van der Waals surface area contributed by atoms with Crippen molar-refractivity contribution >= 4 is 15.9 Å². The molecule has 6 rings (SSSR count). The van der Waals surface area contributed by atoms with Crippen LogP contribution in [0.2, 0.25) is 0 Å². The van der Waals surface area contributed by atoms with Gasteiger partial charge in [-0.25, -0.2) is 13.1 Å². The van der Waals surface area contributed by atoms with Crippen molar-refractivity contribution in [1.29, 1.82) is 0 Å². The minimum Gasteiger partial charge on any atom is -0.349 e. The van der Waals surface area contributed by atoms with Gasteiger partial charge in [-0.3, -0.25) is 4.79 Å². The maximum atomic E-state index is 12.9. The van der Waals surface area contributed by atoms with Crippen LogP contribution in [0.15, 0.2) is 29.2 Å². The van der Waals surface area contributed by atoms with Gasteiger partial charge in [-0.15, -0.1) is 0 Å². The molecule has 0 saturated heterocycles. The molecule has 5 fully saturated rings. The molecule has 0 radical (unpaired) electrons. The van der Waals surface area contributed by atoms with E-state index < -0.39 is 10.0 Å². The smallest absolute Gasteiger partial charge is 0.251 e. The van der Waals surface area contributed by atoms with E-state index in [0.717, 1.165) is 30.6 Å². The van der Waals surface area contributed by atoms with Crippen LogP contribution in [-0.4, -0.2) is 26.4 Å². The number of hydrogen-bond acceptors (Lipinski definition) is 3. The zero-order chi connectivity index (χ0) is 19.5. The highest BCUT2D eigenvalue weighted by Crippen LogP contribution is 2.61. The van der Waals surface area contributed by atoms with E-state index in [9.17, 15) is 13.2 Å². The van der Waals surface area contributed by atoms with E-state index in [1.165, 1.54) is 44.6 Å².